The fourth-order valence-corrected chi connectivity index (χ4v) is 2.67. The Bertz CT molecular complexity index is 665. The predicted octanol–water partition coefficient (Wildman–Crippen LogP) is -0.0975. The van der Waals surface area contributed by atoms with Gasteiger partial charge in [0.25, 0.3) is 0 Å². The number of aryl methyl sites for hydroxylation is 1. The maximum atomic E-state index is 12.2. The van der Waals surface area contributed by atoms with Crippen LogP contribution in [0.3, 0.4) is 0 Å². The molecule has 0 bridgehead atoms. The van der Waals surface area contributed by atoms with Gasteiger partial charge in [0.05, 0.1) is 12.6 Å². The first-order valence-electron chi connectivity index (χ1n) is 8.04. The average molecular weight is 330 g/mol. The van der Waals surface area contributed by atoms with Crippen molar-refractivity contribution in [2.45, 2.75) is 19.9 Å². The number of piperazine rings is 1. The van der Waals surface area contributed by atoms with Gasteiger partial charge < -0.3 is 10.2 Å². The first-order valence-corrected chi connectivity index (χ1v) is 8.04. The highest BCUT2D eigenvalue weighted by molar-refractivity contribution is 5.78. The third-order valence-electron chi connectivity index (χ3n) is 3.95. The van der Waals surface area contributed by atoms with Crippen LogP contribution < -0.4 is 10.2 Å². The van der Waals surface area contributed by atoms with Crippen molar-refractivity contribution in [3.05, 3.63) is 30.1 Å². The summed E-state index contributed by atoms with van der Waals surface area (Å²) in [6.07, 6.45) is 3.49. The Morgan fingerprint density at radius 3 is 2.62 bits per heavy atom. The lowest BCUT2D eigenvalue weighted by molar-refractivity contribution is -0.123. The number of hydrogen-bond acceptors (Lipinski definition) is 7. The van der Waals surface area contributed by atoms with Crippen molar-refractivity contribution in [3.8, 4) is 0 Å². The maximum absolute atomic E-state index is 12.2. The van der Waals surface area contributed by atoms with Crippen molar-refractivity contribution in [2.24, 2.45) is 0 Å². The second-order valence-electron chi connectivity index (χ2n) is 5.88. The number of nitrogens with one attached hydrogen (secondary N) is 2. The molecule has 3 rings (SSSR count). The number of H-pyrrole nitrogens is 1. The number of carbonyl (C=O) groups excluding carboxylic acids is 1. The second-order valence-corrected chi connectivity index (χ2v) is 5.88. The molecule has 0 aromatic carbocycles. The van der Waals surface area contributed by atoms with Crippen molar-refractivity contribution in [2.75, 3.05) is 37.6 Å². The van der Waals surface area contributed by atoms with Gasteiger partial charge in [-0.3, -0.25) is 14.8 Å². The SMILES string of the molecule is Cc1nc(C(C)NC(=O)CN2CCN(c3ncccn3)CC2)n[nH]1. The minimum Gasteiger partial charge on any atom is -0.345 e. The molecule has 9 nitrogen and oxygen atoms in total. The summed E-state index contributed by atoms with van der Waals surface area (Å²) >= 11 is 0. The van der Waals surface area contributed by atoms with E-state index in [4.69, 9.17) is 0 Å². The van der Waals surface area contributed by atoms with Crippen LogP contribution in [0.1, 0.15) is 24.6 Å². The highest BCUT2D eigenvalue weighted by Crippen LogP contribution is 2.10. The smallest absolute Gasteiger partial charge is 0.234 e. The van der Waals surface area contributed by atoms with Crippen molar-refractivity contribution in [1.29, 1.82) is 0 Å². The fourth-order valence-electron chi connectivity index (χ4n) is 2.67. The van der Waals surface area contributed by atoms with Crippen LogP contribution in [0.25, 0.3) is 0 Å². The Morgan fingerprint density at radius 2 is 2.00 bits per heavy atom. The van der Waals surface area contributed by atoms with E-state index in [9.17, 15) is 4.79 Å². The molecule has 1 unspecified atom stereocenters. The molecule has 0 aliphatic carbocycles. The molecule has 2 N–H and O–H groups in total. The lowest BCUT2D eigenvalue weighted by Crippen LogP contribution is -2.50. The van der Waals surface area contributed by atoms with Gasteiger partial charge in [0.1, 0.15) is 5.82 Å². The molecule has 1 amide bonds. The van der Waals surface area contributed by atoms with Gasteiger partial charge in [0.2, 0.25) is 11.9 Å². The first-order chi connectivity index (χ1) is 11.6. The molecule has 128 valence electrons. The minimum atomic E-state index is -0.207. The third-order valence-corrected chi connectivity index (χ3v) is 3.95. The van der Waals surface area contributed by atoms with Crippen LogP contribution in [0.2, 0.25) is 0 Å². The van der Waals surface area contributed by atoms with E-state index in [0.717, 1.165) is 38.0 Å². The lowest BCUT2D eigenvalue weighted by Gasteiger charge is -2.34. The molecular formula is C15H22N8O. The molecule has 1 atom stereocenters. The summed E-state index contributed by atoms with van der Waals surface area (Å²) < 4.78 is 0. The molecule has 3 heterocycles. The van der Waals surface area contributed by atoms with Crippen molar-refractivity contribution < 1.29 is 4.79 Å². The van der Waals surface area contributed by atoms with Gasteiger partial charge in [0.15, 0.2) is 5.82 Å². The Morgan fingerprint density at radius 1 is 1.29 bits per heavy atom. The Labute approximate surface area is 140 Å². The molecule has 0 radical (unpaired) electrons. The Balaban J connectivity index is 1.45. The van der Waals surface area contributed by atoms with Crippen LogP contribution in [0.4, 0.5) is 5.95 Å². The average Bonchev–Trinajstić information content (AvgIpc) is 3.03. The van der Waals surface area contributed by atoms with Gasteiger partial charge in [-0.2, -0.15) is 5.10 Å². The highest BCUT2D eigenvalue weighted by atomic mass is 16.2. The van der Waals surface area contributed by atoms with Crippen LogP contribution in [-0.2, 0) is 4.79 Å². The summed E-state index contributed by atoms with van der Waals surface area (Å²) in [6.45, 7) is 7.32. The molecule has 1 saturated heterocycles. The highest BCUT2D eigenvalue weighted by Gasteiger charge is 2.21. The topological polar surface area (TPSA) is 103 Å². The summed E-state index contributed by atoms with van der Waals surface area (Å²) in [6, 6.07) is 1.60. The summed E-state index contributed by atoms with van der Waals surface area (Å²) in [7, 11) is 0. The molecule has 2 aromatic rings. The molecule has 1 fully saturated rings. The molecule has 1 aliphatic rings. The van der Waals surface area contributed by atoms with Crippen LogP contribution in [0.15, 0.2) is 18.5 Å². The molecule has 1 aliphatic heterocycles. The zero-order valence-corrected chi connectivity index (χ0v) is 13.9. The van der Waals surface area contributed by atoms with Crippen LogP contribution >= 0.6 is 0 Å². The van der Waals surface area contributed by atoms with Gasteiger partial charge in [-0.15, -0.1) is 0 Å². The Kier molecular flexibility index (Phi) is 4.99. The predicted molar refractivity (Wildman–Crippen MR) is 88.4 cm³/mol. The minimum absolute atomic E-state index is 0.0191. The molecule has 24 heavy (non-hydrogen) atoms. The van der Waals surface area contributed by atoms with Gasteiger partial charge >= 0.3 is 0 Å². The number of amides is 1. The monoisotopic (exact) mass is 330 g/mol. The summed E-state index contributed by atoms with van der Waals surface area (Å²) in [5, 5.41) is 9.79. The van der Waals surface area contributed by atoms with E-state index >= 15 is 0 Å². The molecule has 9 heteroatoms. The zero-order valence-electron chi connectivity index (χ0n) is 13.9. The van der Waals surface area contributed by atoms with Crippen LogP contribution in [0, 0.1) is 6.92 Å². The van der Waals surface area contributed by atoms with E-state index in [2.05, 4.69) is 40.3 Å². The van der Waals surface area contributed by atoms with Crippen molar-refractivity contribution >= 4 is 11.9 Å². The van der Waals surface area contributed by atoms with E-state index < -0.39 is 0 Å². The van der Waals surface area contributed by atoms with Crippen molar-refractivity contribution in [1.82, 2.24) is 35.4 Å². The number of rotatable bonds is 5. The maximum Gasteiger partial charge on any atom is 0.234 e. The van der Waals surface area contributed by atoms with E-state index in [1.807, 2.05) is 13.8 Å². The van der Waals surface area contributed by atoms with E-state index in [1.165, 1.54) is 0 Å². The van der Waals surface area contributed by atoms with Gasteiger partial charge in [-0.1, -0.05) is 0 Å². The van der Waals surface area contributed by atoms with Crippen LogP contribution in [-0.4, -0.2) is 68.7 Å². The first kappa shape index (κ1) is 16.3. The van der Waals surface area contributed by atoms with Crippen molar-refractivity contribution in [3.63, 3.8) is 0 Å². The third kappa shape index (κ3) is 4.05. The Hall–Kier alpha value is -2.55. The molecule has 0 saturated carbocycles. The standard InChI is InChI=1S/C15H22N8O/c1-11(14-19-12(2)20-21-14)18-13(24)10-22-6-8-23(9-7-22)15-16-4-3-5-17-15/h3-5,11H,6-10H2,1-2H3,(H,18,24)(H,19,20,21). The number of aromatic nitrogens is 5. The number of hydrogen-bond donors (Lipinski definition) is 2. The number of nitrogens with zero attached hydrogens (tertiary/aromatic N) is 6. The number of anilines is 1. The fraction of sp³-hybridized carbons (Fsp3) is 0.533. The van der Waals surface area contributed by atoms with Gasteiger partial charge in [-0.25, -0.2) is 15.0 Å². The second kappa shape index (κ2) is 7.35. The normalized spacial score (nSPS) is 16.8. The molecule has 2 aromatic heterocycles. The largest absolute Gasteiger partial charge is 0.345 e. The molecule has 0 spiro atoms. The molecular weight excluding hydrogens is 308 g/mol. The summed E-state index contributed by atoms with van der Waals surface area (Å²) in [5.74, 6) is 2.07. The van der Waals surface area contributed by atoms with Crippen LogP contribution in [0.5, 0.6) is 0 Å². The van der Waals surface area contributed by atoms with E-state index in [0.29, 0.717) is 12.4 Å². The summed E-state index contributed by atoms with van der Waals surface area (Å²) in [5.41, 5.74) is 0. The number of carbonyl (C=O) groups is 1. The van der Waals surface area contributed by atoms with E-state index in [-0.39, 0.29) is 11.9 Å². The van der Waals surface area contributed by atoms with E-state index in [1.54, 1.807) is 18.5 Å². The van der Waals surface area contributed by atoms with Gasteiger partial charge in [0, 0.05) is 38.6 Å². The summed E-state index contributed by atoms with van der Waals surface area (Å²) in [4.78, 5) is 29.2. The lowest BCUT2D eigenvalue weighted by atomic mass is 10.3. The zero-order chi connectivity index (χ0) is 16.9. The quantitative estimate of drug-likeness (QED) is 0.789. The van der Waals surface area contributed by atoms with Gasteiger partial charge in [-0.05, 0) is 19.9 Å². The number of aromatic amines is 1.